The Balaban J connectivity index is 1.10. The number of carbonyl (C=O) groups excluding carboxylic acids is 1. The second-order valence-corrected chi connectivity index (χ2v) is 20.2. The number of rotatable bonds is 10. The lowest BCUT2D eigenvalue weighted by Gasteiger charge is -2.46. The van der Waals surface area contributed by atoms with Gasteiger partial charge in [-0.05, 0) is 176 Å². The Morgan fingerprint density at radius 1 is 0.956 bits per heavy atom. The van der Waals surface area contributed by atoms with E-state index in [0.29, 0.717) is 75.5 Å². The number of phenolic OH excluding ortho intramolecular Hbond substituents is 4. The van der Waals surface area contributed by atoms with Crippen LogP contribution < -0.4 is 20.1 Å². The number of ether oxygens (including phenoxy) is 2. The number of carbonyl (C=O) groups is 1. The van der Waals surface area contributed by atoms with Crippen LogP contribution in [0.2, 0.25) is 0 Å². The van der Waals surface area contributed by atoms with Gasteiger partial charge in [-0.15, -0.1) is 0 Å². The number of Topliss-reactive ketones (excluding diaryl/α,β-unsaturated/α-hetero) is 1. The van der Waals surface area contributed by atoms with Gasteiger partial charge in [-0.1, -0.05) is 49.8 Å². The molecule has 4 heterocycles. The number of phenols is 4. The Labute approximate surface area is 398 Å². The van der Waals surface area contributed by atoms with Gasteiger partial charge in [0.1, 0.15) is 17.4 Å². The van der Waals surface area contributed by atoms with Gasteiger partial charge in [0.15, 0.2) is 23.0 Å². The summed E-state index contributed by atoms with van der Waals surface area (Å²) in [6.07, 6.45) is 18.3. The third kappa shape index (κ3) is 9.05. The van der Waals surface area contributed by atoms with Gasteiger partial charge < -0.3 is 50.6 Å². The smallest absolute Gasteiger partial charge is 0.200 e. The van der Waals surface area contributed by atoms with Crippen LogP contribution in [0.15, 0.2) is 109 Å². The van der Waals surface area contributed by atoms with E-state index in [2.05, 4.69) is 59.0 Å². The summed E-state index contributed by atoms with van der Waals surface area (Å²) in [5.74, 6) is 0.561. The number of aromatic amines is 1. The number of H-pyrrole nitrogens is 1. The van der Waals surface area contributed by atoms with E-state index in [4.69, 9.17) is 9.47 Å². The van der Waals surface area contributed by atoms with Crippen molar-refractivity contribution in [2.75, 3.05) is 25.1 Å². The summed E-state index contributed by atoms with van der Waals surface area (Å²) in [5, 5.41) is 66.2. The number of aliphatic hydroxyl groups is 1. The topological polar surface area (TPSA) is 177 Å². The molecule has 1 spiro atoms. The van der Waals surface area contributed by atoms with Crippen LogP contribution in [0.4, 0.5) is 5.69 Å². The lowest BCUT2D eigenvalue weighted by molar-refractivity contribution is -0.134. The average molecular weight is 920 g/mol. The SMILES string of the molecule is C[C@@H]1CC=C[C@@H](COc2cc([C@@H]3CCc4c(ccc5cc(O)ccc45)NC4=CC(=CCN4)[C@]4(CCC[C@@H]4Cc4ccc[nH]4)[C@H]([C@H](O)CCc4ccc(O)c5c4CCCO5)C(=O)C3)cc(O)c2O)C1. The summed E-state index contributed by atoms with van der Waals surface area (Å²) in [6, 6.07) is 20.6. The molecule has 0 saturated heterocycles. The molecule has 0 radical (unpaired) electrons. The van der Waals surface area contributed by atoms with Gasteiger partial charge in [0.05, 0.1) is 25.2 Å². The zero-order valence-corrected chi connectivity index (χ0v) is 39.0. The number of fused-ring (bicyclic) bond motifs is 6. The minimum Gasteiger partial charge on any atom is -0.508 e. The van der Waals surface area contributed by atoms with Crippen molar-refractivity contribution in [3.05, 3.63) is 137 Å². The normalized spacial score (nSPS) is 25.3. The molecule has 3 aliphatic heterocycles. The predicted octanol–water partition coefficient (Wildman–Crippen LogP) is 10.4. The molecule has 11 heteroatoms. The Morgan fingerprint density at radius 3 is 2.71 bits per heavy atom. The van der Waals surface area contributed by atoms with Crippen LogP contribution in [0, 0.1) is 29.1 Å². The number of nitrogens with one attached hydrogen (secondary N) is 3. The van der Waals surface area contributed by atoms with Crippen molar-refractivity contribution in [1.82, 2.24) is 10.3 Å². The van der Waals surface area contributed by atoms with Crippen LogP contribution in [0.3, 0.4) is 0 Å². The molecule has 0 unspecified atom stereocenters. The van der Waals surface area contributed by atoms with Crippen molar-refractivity contribution in [2.45, 2.75) is 102 Å². The summed E-state index contributed by atoms with van der Waals surface area (Å²) in [5.41, 5.74) is 5.94. The predicted molar refractivity (Wildman–Crippen MR) is 264 cm³/mol. The Bertz CT molecular complexity index is 2760. The molecule has 8 N–H and O–H groups in total. The number of aliphatic hydroxyl groups excluding tert-OH is 1. The van der Waals surface area contributed by atoms with Crippen LogP contribution in [0.1, 0.15) is 98.6 Å². The second-order valence-electron chi connectivity index (χ2n) is 20.2. The minimum absolute atomic E-state index is 0.0168. The van der Waals surface area contributed by atoms with Crippen LogP contribution >= 0.6 is 0 Å². The van der Waals surface area contributed by atoms with Crippen molar-refractivity contribution in [3.8, 4) is 34.5 Å². The molecule has 10 rings (SSSR count). The fourth-order valence-corrected chi connectivity index (χ4v) is 12.6. The third-order valence-corrected chi connectivity index (χ3v) is 15.8. The molecule has 2 aliphatic carbocycles. The van der Waals surface area contributed by atoms with Crippen LogP contribution in [-0.2, 0) is 30.5 Å². The Kier molecular flexibility index (Phi) is 12.9. The maximum absolute atomic E-state index is 16.1. The van der Waals surface area contributed by atoms with E-state index in [1.54, 1.807) is 30.3 Å². The molecule has 1 aromatic heterocycles. The van der Waals surface area contributed by atoms with Crippen molar-refractivity contribution < 1.29 is 39.8 Å². The van der Waals surface area contributed by atoms with E-state index in [1.807, 2.05) is 30.5 Å². The van der Waals surface area contributed by atoms with Gasteiger partial charge in [0.2, 0.25) is 5.75 Å². The molecule has 4 aromatic carbocycles. The molecular weight excluding hydrogens is 855 g/mol. The summed E-state index contributed by atoms with van der Waals surface area (Å²) in [7, 11) is 0. The van der Waals surface area contributed by atoms with Gasteiger partial charge in [-0.2, -0.15) is 0 Å². The van der Waals surface area contributed by atoms with Gasteiger partial charge in [-0.25, -0.2) is 0 Å². The van der Waals surface area contributed by atoms with Gasteiger partial charge in [0.25, 0.3) is 0 Å². The number of hydrogen-bond acceptors (Lipinski definition) is 10. The third-order valence-electron chi connectivity index (χ3n) is 15.8. The largest absolute Gasteiger partial charge is 0.508 e. The quantitative estimate of drug-likeness (QED) is 0.0497. The van der Waals surface area contributed by atoms with Gasteiger partial charge in [-0.3, -0.25) is 4.79 Å². The number of anilines is 1. The Hall–Kier alpha value is -6.33. The minimum atomic E-state index is -1.03. The number of ketones is 1. The first-order valence-electron chi connectivity index (χ1n) is 24.9. The molecule has 0 amide bonds. The molecule has 2 bridgehead atoms. The fraction of sp³-hybridized carbons (Fsp3) is 0.421. The maximum atomic E-state index is 16.1. The molecule has 7 atom stereocenters. The number of aryl methyl sites for hydroxylation is 2. The number of dihydropyridines is 1. The van der Waals surface area contributed by atoms with E-state index in [-0.39, 0.29) is 52.8 Å². The number of hydrogen-bond donors (Lipinski definition) is 8. The maximum Gasteiger partial charge on any atom is 0.200 e. The number of benzene rings is 4. The molecule has 356 valence electrons. The highest BCUT2D eigenvalue weighted by Gasteiger charge is 2.55. The van der Waals surface area contributed by atoms with Crippen LogP contribution in [0.25, 0.3) is 10.8 Å². The summed E-state index contributed by atoms with van der Waals surface area (Å²) in [4.78, 5) is 19.6. The summed E-state index contributed by atoms with van der Waals surface area (Å²) < 4.78 is 12.3. The molecular formula is C57H65N3O8. The van der Waals surface area contributed by atoms with E-state index >= 15 is 4.79 Å². The first-order chi connectivity index (χ1) is 33.0. The van der Waals surface area contributed by atoms with E-state index in [1.165, 1.54) is 0 Å². The zero-order valence-electron chi connectivity index (χ0n) is 39.0. The number of aromatic nitrogens is 1. The first-order valence-corrected chi connectivity index (χ1v) is 24.9. The average Bonchev–Trinajstić information content (AvgIpc) is 4.02. The molecule has 1 saturated carbocycles. The van der Waals surface area contributed by atoms with E-state index in [9.17, 15) is 25.5 Å². The second kappa shape index (κ2) is 19.3. The standard InChI is InChI=1S/C57H65N3O8/c1-34-6-2-7-35(26-34)33-68-52-30-39(29-51(65)55(52)66)37-11-16-46-44-17-15-43(61)27-38(44)12-18-47(46)60-53-32-41(21-24-59-53)57(22-3-8-40(57)31-42-9-4-23-58-42)54(50(64)28-37)48(62)19-13-36-14-20-49(63)56-45(36)10-5-25-67-56/h2,4,7,9,12,14-15,17-18,20-21,23,27,29-30,32,34-35,37,40,48,54,58-63,65-66H,3,5-6,8,10-11,13,16,19,22,24-26,28,31,33H2,1H3/t34-,35-,37-,40-,48-,54-,57-/m1/s1. The first kappa shape index (κ1) is 45.5. The zero-order chi connectivity index (χ0) is 46.9. The van der Waals surface area contributed by atoms with Gasteiger partial charge in [0, 0.05) is 47.4 Å². The van der Waals surface area contributed by atoms with Crippen molar-refractivity contribution >= 4 is 22.2 Å². The lowest BCUT2D eigenvalue weighted by atomic mass is 9.58. The van der Waals surface area contributed by atoms with E-state index in [0.717, 1.165) is 88.8 Å². The summed E-state index contributed by atoms with van der Waals surface area (Å²) in [6.45, 7) is 3.63. The van der Waals surface area contributed by atoms with Crippen molar-refractivity contribution in [3.63, 3.8) is 0 Å². The Morgan fingerprint density at radius 2 is 1.85 bits per heavy atom. The van der Waals surface area contributed by atoms with Crippen LogP contribution in [-0.4, -0.2) is 62.2 Å². The van der Waals surface area contributed by atoms with Gasteiger partial charge >= 0.3 is 0 Å². The molecule has 1 fully saturated rings. The number of allylic oxidation sites excluding steroid dienone is 3. The van der Waals surface area contributed by atoms with Crippen LogP contribution in [0.5, 0.6) is 34.5 Å². The number of aromatic hydroxyl groups is 4. The summed E-state index contributed by atoms with van der Waals surface area (Å²) >= 11 is 0. The van der Waals surface area contributed by atoms with Crippen molar-refractivity contribution in [2.24, 2.45) is 29.1 Å². The van der Waals surface area contributed by atoms with E-state index < -0.39 is 23.4 Å². The fourth-order valence-electron chi connectivity index (χ4n) is 12.6. The highest BCUT2D eigenvalue weighted by Crippen LogP contribution is 2.58. The lowest BCUT2D eigenvalue weighted by Crippen LogP contribution is -2.48. The molecule has 5 aromatic rings. The highest BCUT2D eigenvalue weighted by atomic mass is 16.5. The monoisotopic (exact) mass is 919 g/mol. The molecule has 5 aliphatic rings. The highest BCUT2D eigenvalue weighted by molar-refractivity contribution is 5.91. The molecule has 68 heavy (non-hydrogen) atoms. The molecule has 11 nitrogen and oxygen atoms in total. The van der Waals surface area contributed by atoms with Crippen molar-refractivity contribution in [1.29, 1.82) is 0 Å².